The molecule has 0 amide bonds. The summed E-state index contributed by atoms with van der Waals surface area (Å²) in [6.45, 7) is 5.50. The molecule has 3 unspecified atom stereocenters. The number of hydrogen-bond donors (Lipinski definition) is 1. The van der Waals surface area contributed by atoms with Crippen molar-refractivity contribution < 1.29 is 9.47 Å². The molecule has 0 aliphatic carbocycles. The average molecular weight is 228 g/mol. The normalized spacial score (nSPS) is 37.1. The van der Waals surface area contributed by atoms with Crippen LogP contribution in [0.1, 0.15) is 26.2 Å². The Morgan fingerprint density at radius 2 is 2.31 bits per heavy atom. The van der Waals surface area contributed by atoms with E-state index in [9.17, 15) is 0 Å². The molecule has 0 radical (unpaired) electrons. The van der Waals surface area contributed by atoms with Crippen molar-refractivity contribution in [3.63, 3.8) is 0 Å². The van der Waals surface area contributed by atoms with Crippen LogP contribution >= 0.6 is 0 Å². The summed E-state index contributed by atoms with van der Waals surface area (Å²) >= 11 is 0. The molecule has 0 bridgehead atoms. The van der Waals surface area contributed by atoms with E-state index in [0.717, 1.165) is 45.6 Å². The van der Waals surface area contributed by atoms with E-state index < -0.39 is 0 Å². The minimum atomic E-state index is 0.00894. The SMILES string of the molecule is CC(N)CN(C)C1CCOC2(CCOC2)C1. The second-order valence-electron chi connectivity index (χ2n) is 5.40. The van der Waals surface area contributed by atoms with Gasteiger partial charge in [-0.3, -0.25) is 0 Å². The Bertz CT molecular complexity index is 227. The van der Waals surface area contributed by atoms with Crippen molar-refractivity contribution >= 4 is 0 Å². The van der Waals surface area contributed by atoms with Gasteiger partial charge in [-0.1, -0.05) is 0 Å². The summed E-state index contributed by atoms with van der Waals surface area (Å²) in [7, 11) is 2.17. The molecule has 2 heterocycles. The van der Waals surface area contributed by atoms with Crippen LogP contribution in [0, 0.1) is 0 Å². The molecule has 2 aliphatic heterocycles. The fraction of sp³-hybridized carbons (Fsp3) is 1.00. The van der Waals surface area contributed by atoms with Gasteiger partial charge in [0.05, 0.1) is 12.2 Å². The highest BCUT2D eigenvalue weighted by Gasteiger charge is 2.41. The maximum Gasteiger partial charge on any atom is 0.0951 e. The summed E-state index contributed by atoms with van der Waals surface area (Å²) in [4.78, 5) is 2.38. The van der Waals surface area contributed by atoms with Crippen LogP contribution in [-0.4, -0.2) is 56.0 Å². The predicted octanol–water partition coefficient (Wildman–Crippen LogP) is 0.604. The summed E-state index contributed by atoms with van der Waals surface area (Å²) in [6, 6.07) is 0.838. The Labute approximate surface area is 98.1 Å². The number of ether oxygens (including phenoxy) is 2. The third kappa shape index (κ3) is 2.74. The summed E-state index contributed by atoms with van der Waals surface area (Å²) in [5.74, 6) is 0. The van der Waals surface area contributed by atoms with Crippen LogP contribution in [0.2, 0.25) is 0 Å². The molecular weight excluding hydrogens is 204 g/mol. The lowest BCUT2D eigenvalue weighted by atomic mass is 9.89. The second kappa shape index (κ2) is 5.00. The molecule has 0 aromatic rings. The standard InChI is InChI=1S/C12H24N2O2/c1-10(13)8-14(2)11-3-5-16-12(7-11)4-6-15-9-12/h10-11H,3-9,13H2,1-2H3. The fourth-order valence-corrected chi connectivity index (χ4v) is 2.84. The third-order valence-corrected chi connectivity index (χ3v) is 3.73. The molecule has 2 saturated heterocycles. The van der Waals surface area contributed by atoms with Crippen LogP contribution in [0.15, 0.2) is 0 Å². The van der Waals surface area contributed by atoms with Gasteiger partial charge < -0.3 is 20.1 Å². The lowest BCUT2D eigenvalue weighted by Crippen LogP contribution is -2.50. The summed E-state index contributed by atoms with van der Waals surface area (Å²) in [5.41, 5.74) is 5.86. The van der Waals surface area contributed by atoms with E-state index in [2.05, 4.69) is 18.9 Å². The largest absolute Gasteiger partial charge is 0.378 e. The van der Waals surface area contributed by atoms with Crippen molar-refractivity contribution in [1.29, 1.82) is 0 Å². The number of hydrogen-bond acceptors (Lipinski definition) is 4. The van der Waals surface area contributed by atoms with E-state index in [1.54, 1.807) is 0 Å². The van der Waals surface area contributed by atoms with Crippen LogP contribution in [0.4, 0.5) is 0 Å². The van der Waals surface area contributed by atoms with Crippen molar-refractivity contribution in [2.24, 2.45) is 5.73 Å². The van der Waals surface area contributed by atoms with Crippen molar-refractivity contribution in [2.45, 2.75) is 43.9 Å². The molecule has 2 rings (SSSR count). The molecular formula is C12H24N2O2. The van der Waals surface area contributed by atoms with E-state index in [1.807, 2.05) is 0 Å². The lowest BCUT2D eigenvalue weighted by molar-refractivity contribution is -0.104. The Hall–Kier alpha value is -0.160. The highest BCUT2D eigenvalue weighted by Crippen LogP contribution is 2.34. The van der Waals surface area contributed by atoms with Crippen molar-refractivity contribution in [3.05, 3.63) is 0 Å². The Kier molecular flexibility index (Phi) is 3.85. The van der Waals surface area contributed by atoms with Gasteiger partial charge in [0.25, 0.3) is 0 Å². The van der Waals surface area contributed by atoms with Crippen LogP contribution in [0.3, 0.4) is 0 Å². The molecule has 4 heteroatoms. The zero-order valence-corrected chi connectivity index (χ0v) is 10.4. The van der Waals surface area contributed by atoms with Crippen LogP contribution < -0.4 is 5.73 Å². The van der Waals surface area contributed by atoms with Gasteiger partial charge in [-0.25, -0.2) is 0 Å². The zero-order chi connectivity index (χ0) is 11.6. The molecule has 2 fully saturated rings. The Morgan fingerprint density at radius 1 is 1.50 bits per heavy atom. The van der Waals surface area contributed by atoms with E-state index >= 15 is 0 Å². The number of rotatable bonds is 3. The van der Waals surface area contributed by atoms with Gasteiger partial charge in [-0.2, -0.15) is 0 Å². The molecule has 2 N–H and O–H groups in total. The minimum absolute atomic E-state index is 0.00894. The average Bonchev–Trinajstić information content (AvgIpc) is 2.65. The van der Waals surface area contributed by atoms with E-state index in [0.29, 0.717) is 6.04 Å². The van der Waals surface area contributed by atoms with Gasteiger partial charge in [0.1, 0.15) is 0 Å². The number of nitrogens with zero attached hydrogens (tertiary/aromatic N) is 1. The maximum absolute atomic E-state index is 5.93. The molecule has 0 saturated carbocycles. The maximum atomic E-state index is 5.93. The highest BCUT2D eigenvalue weighted by molar-refractivity contribution is 4.93. The fourth-order valence-electron chi connectivity index (χ4n) is 2.84. The molecule has 0 aromatic carbocycles. The van der Waals surface area contributed by atoms with Crippen molar-refractivity contribution in [2.75, 3.05) is 33.4 Å². The van der Waals surface area contributed by atoms with Gasteiger partial charge >= 0.3 is 0 Å². The molecule has 0 aromatic heterocycles. The molecule has 16 heavy (non-hydrogen) atoms. The number of nitrogens with two attached hydrogens (primary N) is 1. The second-order valence-corrected chi connectivity index (χ2v) is 5.40. The first-order chi connectivity index (χ1) is 7.61. The predicted molar refractivity (Wildman–Crippen MR) is 63.4 cm³/mol. The molecule has 94 valence electrons. The third-order valence-electron chi connectivity index (χ3n) is 3.73. The first-order valence-electron chi connectivity index (χ1n) is 6.29. The van der Waals surface area contributed by atoms with E-state index in [4.69, 9.17) is 15.2 Å². The topological polar surface area (TPSA) is 47.7 Å². The van der Waals surface area contributed by atoms with Gasteiger partial charge in [-0.15, -0.1) is 0 Å². The first-order valence-corrected chi connectivity index (χ1v) is 6.29. The minimum Gasteiger partial charge on any atom is -0.378 e. The van der Waals surface area contributed by atoms with Crippen LogP contribution in [0.25, 0.3) is 0 Å². The highest BCUT2D eigenvalue weighted by atomic mass is 16.6. The first kappa shape index (κ1) is 12.3. The molecule has 3 atom stereocenters. The summed E-state index contributed by atoms with van der Waals surface area (Å²) < 4.78 is 11.4. The summed E-state index contributed by atoms with van der Waals surface area (Å²) in [6.07, 6.45) is 3.26. The molecule has 4 nitrogen and oxygen atoms in total. The molecule has 2 aliphatic rings. The van der Waals surface area contributed by atoms with Crippen LogP contribution in [-0.2, 0) is 9.47 Å². The van der Waals surface area contributed by atoms with Gasteiger partial charge in [0.15, 0.2) is 0 Å². The summed E-state index contributed by atoms with van der Waals surface area (Å²) in [5, 5.41) is 0. The van der Waals surface area contributed by atoms with Crippen molar-refractivity contribution in [1.82, 2.24) is 4.90 Å². The van der Waals surface area contributed by atoms with Gasteiger partial charge in [0.2, 0.25) is 0 Å². The monoisotopic (exact) mass is 228 g/mol. The Morgan fingerprint density at radius 3 is 2.94 bits per heavy atom. The Balaban J connectivity index is 1.90. The lowest BCUT2D eigenvalue weighted by Gasteiger charge is -2.41. The molecule has 1 spiro atoms. The van der Waals surface area contributed by atoms with Gasteiger partial charge in [-0.05, 0) is 26.8 Å². The number of likely N-dealkylation sites (N-methyl/N-ethyl adjacent to an activating group) is 1. The van der Waals surface area contributed by atoms with Crippen molar-refractivity contribution in [3.8, 4) is 0 Å². The van der Waals surface area contributed by atoms with E-state index in [1.165, 1.54) is 0 Å². The van der Waals surface area contributed by atoms with E-state index in [-0.39, 0.29) is 11.6 Å². The van der Waals surface area contributed by atoms with Gasteiger partial charge in [0, 0.05) is 38.3 Å². The smallest absolute Gasteiger partial charge is 0.0951 e. The van der Waals surface area contributed by atoms with Crippen LogP contribution in [0.5, 0.6) is 0 Å². The quantitative estimate of drug-likeness (QED) is 0.768. The zero-order valence-electron chi connectivity index (χ0n) is 10.4.